The molecule has 0 aliphatic heterocycles. The summed E-state index contributed by atoms with van der Waals surface area (Å²) in [5.41, 5.74) is 0.636. The first kappa shape index (κ1) is 11.1. The Balaban J connectivity index is 2.02. The first-order valence-corrected chi connectivity index (χ1v) is 6.06. The minimum atomic E-state index is -0.454. The molecule has 0 radical (unpaired) electrons. The smallest absolute Gasteiger partial charge is 0.246 e. The van der Waals surface area contributed by atoms with E-state index in [2.05, 4.69) is 0 Å². The quantitative estimate of drug-likeness (QED) is 0.880. The number of aliphatic hydroxyl groups is 1. The fraction of sp³-hybridized carbons (Fsp3) is 0.357. The number of rotatable bonds is 2. The molecular weight excluding hydrogens is 230 g/mol. The van der Waals surface area contributed by atoms with E-state index in [0.29, 0.717) is 11.3 Å². The number of ether oxygens (including phenoxy) is 1. The molecule has 0 amide bonds. The van der Waals surface area contributed by atoms with Crippen molar-refractivity contribution in [2.24, 2.45) is 0 Å². The average molecular weight is 243 g/mol. The predicted octanol–water partition coefficient (Wildman–Crippen LogP) is 2.60. The third-order valence-corrected chi connectivity index (χ3v) is 3.34. The van der Waals surface area contributed by atoms with E-state index >= 15 is 0 Å². The molecular formula is C14H13NO3. The number of hydrogen-bond donors (Lipinski definition) is 1. The maximum atomic E-state index is 9.78. The Hall–Kier alpha value is -1.99. The van der Waals surface area contributed by atoms with Gasteiger partial charge in [0.05, 0.1) is 11.5 Å². The summed E-state index contributed by atoms with van der Waals surface area (Å²) >= 11 is 0. The molecule has 0 unspecified atom stereocenters. The van der Waals surface area contributed by atoms with Crippen molar-refractivity contribution in [3.63, 3.8) is 0 Å². The first-order chi connectivity index (χ1) is 8.79. The van der Waals surface area contributed by atoms with Crippen LogP contribution in [0.4, 0.5) is 0 Å². The lowest BCUT2D eigenvalue weighted by Gasteiger charge is -2.16. The molecule has 1 aliphatic rings. The van der Waals surface area contributed by atoms with E-state index in [0.717, 1.165) is 24.6 Å². The Bertz CT molecular complexity index is 611. The molecule has 1 saturated carbocycles. The summed E-state index contributed by atoms with van der Waals surface area (Å²) in [5, 5.41) is 19.6. The molecule has 18 heavy (non-hydrogen) atoms. The number of nitriles is 1. The molecule has 2 atom stereocenters. The van der Waals surface area contributed by atoms with Crippen LogP contribution in [-0.2, 0) is 0 Å². The highest BCUT2D eigenvalue weighted by Crippen LogP contribution is 2.35. The van der Waals surface area contributed by atoms with Crippen LogP contribution in [0.15, 0.2) is 28.7 Å². The topological polar surface area (TPSA) is 66.4 Å². The van der Waals surface area contributed by atoms with E-state index in [1.54, 1.807) is 6.07 Å². The van der Waals surface area contributed by atoms with Crippen molar-refractivity contribution in [2.45, 2.75) is 31.5 Å². The van der Waals surface area contributed by atoms with E-state index in [1.165, 1.54) is 0 Å². The van der Waals surface area contributed by atoms with Crippen molar-refractivity contribution in [1.82, 2.24) is 0 Å². The molecule has 1 N–H and O–H groups in total. The van der Waals surface area contributed by atoms with Crippen LogP contribution in [0.1, 0.15) is 25.0 Å². The van der Waals surface area contributed by atoms with Gasteiger partial charge in [-0.25, -0.2) is 0 Å². The highest BCUT2D eigenvalue weighted by atomic mass is 16.5. The monoisotopic (exact) mass is 243 g/mol. The predicted molar refractivity (Wildman–Crippen MR) is 65.2 cm³/mol. The van der Waals surface area contributed by atoms with Gasteiger partial charge in [0, 0.05) is 0 Å². The van der Waals surface area contributed by atoms with Crippen LogP contribution in [0.2, 0.25) is 0 Å². The zero-order chi connectivity index (χ0) is 12.5. The van der Waals surface area contributed by atoms with E-state index in [-0.39, 0.29) is 11.9 Å². The van der Waals surface area contributed by atoms with Crippen molar-refractivity contribution in [3.05, 3.63) is 30.0 Å². The Morgan fingerprint density at radius 2 is 2.17 bits per heavy atom. The van der Waals surface area contributed by atoms with Gasteiger partial charge in [0.2, 0.25) is 5.76 Å². The zero-order valence-corrected chi connectivity index (χ0v) is 9.80. The minimum absolute atomic E-state index is 0.176. The third kappa shape index (κ3) is 1.73. The van der Waals surface area contributed by atoms with Gasteiger partial charge in [-0.2, -0.15) is 5.26 Å². The number of fused-ring (bicyclic) bond motifs is 1. The van der Waals surface area contributed by atoms with Crippen molar-refractivity contribution in [2.75, 3.05) is 0 Å². The fourth-order valence-corrected chi connectivity index (χ4v) is 2.41. The number of furan rings is 1. The molecule has 1 heterocycles. The Labute approximate surface area is 104 Å². The molecule has 4 nitrogen and oxygen atoms in total. The molecule has 1 aromatic carbocycles. The van der Waals surface area contributed by atoms with Crippen molar-refractivity contribution in [1.29, 1.82) is 5.26 Å². The summed E-state index contributed by atoms with van der Waals surface area (Å²) in [6.45, 7) is 0. The van der Waals surface area contributed by atoms with E-state index in [4.69, 9.17) is 14.4 Å². The highest BCUT2D eigenvalue weighted by molar-refractivity contribution is 5.86. The van der Waals surface area contributed by atoms with E-state index in [9.17, 15) is 5.11 Å². The maximum Gasteiger partial charge on any atom is 0.246 e. The Kier molecular flexibility index (Phi) is 2.69. The normalized spacial score (nSPS) is 23.1. The summed E-state index contributed by atoms with van der Waals surface area (Å²) < 4.78 is 11.2. The van der Waals surface area contributed by atoms with Crippen molar-refractivity contribution < 1.29 is 14.3 Å². The summed E-state index contributed by atoms with van der Waals surface area (Å²) in [6.07, 6.45) is 1.82. The number of hydrogen-bond acceptors (Lipinski definition) is 4. The molecule has 0 saturated heterocycles. The lowest BCUT2D eigenvalue weighted by atomic mass is 10.2. The molecule has 1 fully saturated rings. The molecule has 1 aliphatic carbocycles. The second-order valence-electron chi connectivity index (χ2n) is 4.52. The summed E-state index contributed by atoms with van der Waals surface area (Å²) in [6, 6.07) is 9.38. The van der Waals surface area contributed by atoms with Crippen LogP contribution in [0.25, 0.3) is 11.0 Å². The fourth-order valence-electron chi connectivity index (χ4n) is 2.41. The molecule has 3 rings (SSSR count). The lowest BCUT2D eigenvalue weighted by Crippen LogP contribution is -2.25. The Morgan fingerprint density at radius 1 is 1.33 bits per heavy atom. The number of nitrogens with zero attached hydrogens (tertiary/aromatic N) is 1. The van der Waals surface area contributed by atoms with Crippen LogP contribution in [0.3, 0.4) is 0 Å². The Morgan fingerprint density at radius 3 is 2.89 bits per heavy atom. The van der Waals surface area contributed by atoms with Crippen LogP contribution in [0.5, 0.6) is 5.75 Å². The van der Waals surface area contributed by atoms with Crippen molar-refractivity contribution in [3.8, 4) is 11.8 Å². The molecule has 1 aromatic heterocycles. The lowest BCUT2D eigenvalue weighted by molar-refractivity contribution is 0.0606. The van der Waals surface area contributed by atoms with Gasteiger partial charge >= 0.3 is 0 Å². The minimum Gasteiger partial charge on any atom is -0.482 e. The summed E-state index contributed by atoms with van der Waals surface area (Å²) in [4.78, 5) is 0. The molecule has 4 heteroatoms. The molecule has 2 aromatic rings. The van der Waals surface area contributed by atoms with Gasteiger partial charge in [-0.3, -0.25) is 0 Å². The van der Waals surface area contributed by atoms with Crippen LogP contribution >= 0.6 is 0 Å². The summed E-state index contributed by atoms with van der Waals surface area (Å²) in [7, 11) is 0. The SMILES string of the molecule is N#Cc1oc2ccccc2c1O[C@H]1CCC[C@@H]1O. The van der Waals surface area contributed by atoms with Gasteiger partial charge < -0.3 is 14.3 Å². The standard InChI is InChI=1S/C14H13NO3/c15-8-13-14(18-12-7-3-5-10(12)16)9-4-1-2-6-11(9)17-13/h1-2,4,6,10,12,16H,3,5,7H2/t10-,12-/m0/s1. The zero-order valence-electron chi connectivity index (χ0n) is 9.80. The van der Waals surface area contributed by atoms with Gasteiger partial charge in [0.1, 0.15) is 17.8 Å². The third-order valence-electron chi connectivity index (χ3n) is 3.34. The van der Waals surface area contributed by atoms with Gasteiger partial charge in [-0.15, -0.1) is 0 Å². The summed E-state index contributed by atoms with van der Waals surface area (Å²) in [5.74, 6) is 0.634. The highest BCUT2D eigenvalue weighted by Gasteiger charge is 2.29. The second kappa shape index (κ2) is 4.35. The number of aliphatic hydroxyl groups excluding tert-OH is 1. The van der Waals surface area contributed by atoms with Gasteiger partial charge in [-0.1, -0.05) is 12.1 Å². The van der Waals surface area contributed by atoms with Crippen molar-refractivity contribution >= 4 is 11.0 Å². The van der Waals surface area contributed by atoms with E-state index in [1.807, 2.05) is 24.3 Å². The molecule has 92 valence electrons. The van der Waals surface area contributed by atoms with E-state index < -0.39 is 6.10 Å². The molecule has 0 spiro atoms. The van der Waals surface area contributed by atoms with Crippen LogP contribution in [-0.4, -0.2) is 17.3 Å². The van der Waals surface area contributed by atoms with Gasteiger partial charge in [0.15, 0.2) is 5.75 Å². The molecule has 0 bridgehead atoms. The first-order valence-electron chi connectivity index (χ1n) is 6.06. The average Bonchev–Trinajstić information content (AvgIpc) is 2.95. The van der Waals surface area contributed by atoms with Gasteiger partial charge in [-0.05, 0) is 31.4 Å². The second-order valence-corrected chi connectivity index (χ2v) is 4.52. The van der Waals surface area contributed by atoms with Crippen LogP contribution in [0, 0.1) is 11.3 Å². The van der Waals surface area contributed by atoms with Crippen LogP contribution < -0.4 is 4.74 Å². The maximum absolute atomic E-state index is 9.78. The largest absolute Gasteiger partial charge is 0.482 e. The number of para-hydroxylation sites is 1. The van der Waals surface area contributed by atoms with Gasteiger partial charge in [0.25, 0.3) is 0 Å². The number of benzene rings is 1.